The molecular formula is C17H24FN3O2. The van der Waals surface area contributed by atoms with E-state index in [-0.39, 0.29) is 17.8 Å². The van der Waals surface area contributed by atoms with Crippen LogP contribution in [0.15, 0.2) is 24.3 Å². The van der Waals surface area contributed by atoms with Gasteiger partial charge < -0.3 is 15.4 Å². The molecule has 2 aliphatic heterocycles. The Kier molecular flexibility index (Phi) is 5.25. The van der Waals surface area contributed by atoms with Gasteiger partial charge in [-0.15, -0.1) is 0 Å². The Morgan fingerprint density at radius 1 is 1.30 bits per heavy atom. The van der Waals surface area contributed by atoms with Crippen molar-refractivity contribution in [3.05, 3.63) is 35.6 Å². The van der Waals surface area contributed by atoms with Crippen molar-refractivity contribution < 1.29 is 13.9 Å². The highest BCUT2D eigenvalue weighted by Gasteiger charge is 2.34. The molecule has 0 bridgehead atoms. The topological polar surface area (TPSA) is 58.8 Å². The van der Waals surface area contributed by atoms with Crippen molar-refractivity contribution in [2.75, 3.05) is 39.4 Å². The smallest absolute Gasteiger partial charge is 0.244 e. The van der Waals surface area contributed by atoms with Gasteiger partial charge in [-0.2, -0.15) is 0 Å². The molecule has 0 aliphatic carbocycles. The second-order valence-electron chi connectivity index (χ2n) is 6.29. The molecule has 1 aromatic rings. The number of piperidine rings is 1. The number of benzene rings is 1. The van der Waals surface area contributed by atoms with E-state index >= 15 is 0 Å². The van der Waals surface area contributed by atoms with Gasteiger partial charge in [0.25, 0.3) is 0 Å². The molecular weight excluding hydrogens is 297 g/mol. The first-order valence-electron chi connectivity index (χ1n) is 8.27. The SMILES string of the molecule is N[C@@H]1CCCN(C(=O)[C@H](c2cccc(F)c2)N2CCOCC2)C1. The second-order valence-corrected chi connectivity index (χ2v) is 6.29. The quantitative estimate of drug-likeness (QED) is 0.907. The minimum absolute atomic E-state index is 0.0210. The average Bonchev–Trinajstić information content (AvgIpc) is 2.56. The number of amides is 1. The summed E-state index contributed by atoms with van der Waals surface area (Å²) in [5.41, 5.74) is 6.72. The van der Waals surface area contributed by atoms with Crippen molar-refractivity contribution in [2.45, 2.75) is 24.9 Å². The summed E-state index contributed by atoms with van der Waals surface area (Å²) in [5, 5.41) is 0. The summed E-state index contributed by atoms with van der Waals surface area (Å²) >= 11 is 0. The predicted molar refractivity (Wildman–Crippen MR) is 85.3 cm³/mol. The summed E-state index contributed by atoms with van der Waals surface area (Å²) in [6.07, 6.45) is 1.87. The monoisotopic (exact) mass is 321 g/mol. The largest absolute Gasteiger partial charge is 0.379 e. The average molecular weight is 321 g/mol. The summed E-state index contributed by atoms with van der Waals surface area (Å²) in [6.45, 7) is 3.84. The van der Waals surface area contributed by atoms with Gasteiger partial charge in [-0.1, -0.05) is 12.1 Å². The molecule has 0 unspecified atom stereocenters. The molecule has 2 aliphatic rings. The van der Waals surface area contributed by atoms with Crippen LogP contribution in [0.25, 0.3) is 0 Å². The third-order valence-electron chi connectivity index (χ3n) is 4.58. The van der Waals surface area contributed by atoms with Crippen molar-refractivity contribution in [2.24, 2.45) is 5.73 Å². The van der Waals surface area contributed by atoms with Crippen LogP contribution in [0.3, 0.4) is 0 Å². The fourth-order valence-corrected chi connectivity index (χ4v) is 3.41. The maximum absolute atomic E-state index is 13.7. The summed E-state index contributed by atoms with van der Waals surface area (Å²) in [7, 11) is 0. The van der Waals surface area contributed by atoms with E-state index in [9.17, 15) is 9.18 Å². The van der Waals surface area contributed by atoms with Gasteiger partial charge in [0.05, 0.1) is 13.2 Å². The zero-order valence-corrected chi connectivity index (χ0v) is 13.3. The standard InChI is InChI=1S/C17H24FN3O2/c18-14-4-1-3-13(11-14)16(20-7-9-23-10-8-20)17(22)21-6-2-5-15(19)12-21/h1,3-4,11,15-16H,2,5-10,12,19H2/t15-,16+/m1/s1. The van der Waals surface area contributed by atoms with E-state index in [0.29, 0.717) is 38.4 Å². The third kappa shape index (κ3) is 3.88. The first kappa shape index (κ1) is 16.4. The molecule has 1 aromatic carbocycles. The van der Waals surface area contributed by atoms with Crippen molar-refractivity contribution >= 4 is 5.91 Å². The van der Waals surface area contributed by atoms with Crippen LogP contribution in [-0.2, 0) is 9.53 Å². The van der Waals surface area contributed by atoms with Crippen molar-refractivity contribution in [3.63, 3.8) is 0 Å². The van der Waals surface area contributed by atoms with Crippen LogP contribution in [0.2, 0.25) is 0 Å². The van der Waals surface area contributed by atoms with E-state index in [2.05, 4.69) is 4.90 Å². The number of rotatable bonds is 3. The maximum atomic E-state index is 13.7. The first-order chi connectivity index (χ1) is 11.1. The molecule has 2 N–H and O–H groups in total. The first-order valence-corrected chi connectivity index (χ1v) is 8.27. The van der Waals surface area contributed by atoms with Gasteiger partial charge in [-0.05, 0) is 30.5 Å². The highest BCUT2D eigenvalue weighted by Crippen LogP contribution is 2.26. The fraction of sp³-hybridized carbons (Fsp3) is 0.588. The van der Waals surface area contributed by atoms with Crippen LogP contribution in [0.4, 0.5) is 4.39 Å². The Morgan fingerprint density at radius 2 is 2.09 bits per heavy atom. The third-order valence-corrected chi connectivity index (χ3v) is 4.58. The molecule has 1 amide bonds. The van der Waals surface area contributed by atoms with Crippen LogP contribution < -0.4 is 5.73 Å². The van der Waals surface area contributed by atoms with Gasteiger partial charge in [-0.25, -0.2) is 4.39 Å². The minimum Gasteiger partial charge on any atom is -0.379 e. The Balaban J connectivity index is 1.86. The van der Waals surface area contributed by atoms with Crippen molar-refractivity contribution in [1.29, 1.82) is 0 Å². The lowest BCUT2D eigenvalue weighted by Crippen LogP contribution is -2.51. The summed E-state index contributed by atoms with van der Waals surface area (Å²) < 4.78 is 19.1. The van der Waals surface area contributed by atoms with Crippen molar-refractivity contribution in [3.8, 4) is 0 Å². The number of ether oxygens (including phenoxy) is 1. The number of likely N-dealkylation sites (tertiary alicyclic amines) is 1. The minimum atomic E-state index is -0.458. The number of carbonyl (C=O) groups excluding carboxylic acids is 1. The Hall–Kier alpha value is -1.50. The molecule has 0 radical (unpaired) electrons. The molecule has 2 heterocycles. The number of hydrogen-bond donors (Lipinski definition) is 1. The number of hydrogen-bond acceptors (Lipinski definition) is 4. The molecule has 5 nitrogen and oxygen atoms in total. The lowest BCUT2D eigenvalue weighted by atomic mass is 10.00. The van der Waals surface area contributed by atoms with Crippen LogP contribution in [0.1, 0.15) is 24.4 Å². The number of halogens is 1. The summed E-state index contributed by atoms with van der Waals surface area (Å²) in [5.74, 6) is -0.295. The Bertz CT molecular complexity index is 548. The number of carbonyl (C=O) groups is 1. The van der Waals surface area contributed by atoms with Crippen LogP contribution in [-0.4, -0.2) is 61.1 Å². The summed E-state index contributed by atoms with van der Waals surface area (Å²) in [6, 6.07) is 5.92. The molecule has 3 rings (SSSR count). The summed E-state index contributed by atoms with van der Waals surface area (Å²) in [4.78, 5) is 17.0. The molecule has 23 heavy (non-hydrogen) atoms. The highest BCUT2D eigenvalue weighted by atomic mass is 19.1. The molecule has 0 spiro atoms. The lowest BCUT2D eigenvalue weighted by Gasteiger charge is -2.39. The molecule has 2 atom stereocenters. The van der Waals surface area contributed by atoms with Crippen LogP contribution >= 0.6 is 0 Å². The number of nitrogens with two attached hydrogens (primary N) is 1. The van der Waals surface area contributed by atoms with Crippen LogP contribution in [0.5, 0.6) is 0 Å². The number of nitrogens with zero attached hydrogens (tertiary/aromatic N) is 2. The van der Waals surface area contributed by atoms with Crippen molar-refractivity contribution in [1.82, 2.24) is 9.80 Å². The van der Waals surface area contributed by atoms with E-state index in [1.165, 1.54) is 12.1 Å². The van der Waals surface area contributed by atoms with Crippen LogP contribution in [0, 0.1) is 5.82 Å². The molecule has 2 fully saturated rings. The number of morpholine rings is 1. The molecule has 0 saturated carbocycles. The van der Waals surface area contributed by atoms with E-state index in [1.807, 2.05) is 11.0 Å². The van der Waals surface area contributed by atoms with Gasteiger partial charge in [-0.3, -0.25) is 9.69 Å². The molecule has 6 heteroatoms. The Labute approximate surface area is 136 Å². The maximum Gasteiger partial charge on any atom is 0.244 e. The lowest BCUT2D eigenvalue weighted by molar-refractivity contribution is -0.140. The normalized spacial score (nSPS) is 24.4. The van der Waals surface area contributed by atoms with Gasteiger partial charge in [0.15, 0.2) is 0 Å². The van der Waals surface area contributed by atoms with E-state index in [1.54, 1.807) is 6.07 Å². The molecule has 2 saturated heterocycles. The second kappa shape index (κ2) is 7.38. The molecule has 0 aromatic heterocycles. The predicted octanol–water partition coefficient (Wildman–Crippen LogP) is 1.15. The zero-order chi connectivity index (χ0) is 16.2. The zero-order valence-electron chi connectivity index (χ0n) is 13.3. The molecule has 126 valence electrons. The van der Waals surface area contributed by atoms with E-state index in [0.717, 1.165) is 19.4 Å². The van der Waals surface area contributed by atoms with Gasteiger partial charge in [0.1, 0.15) is 11.9 Å². The van der Waals surface area contributed by atoms with E-state index in [4.69, 9.17) is 10.5 Å². The fourth-order valence-electron chi connectivity index (χ4n) is 3.41. The van der Waals surface area contributed by atoms with Gasteiger partial charge in [0, 0.05) is 32.2 Å². The van der Waals surface area contributed by atoms with Gasteiger partial charge >= 0.3 is 0 Å². The van der Waals surface area contributed by atoms with Gasteiger partial charge in [0.2, 0.25) is 5.91 Å². The Morgan fingerprint density at radius 3 is 2.78 bits per heavy atom. The van der Waals surface area contributed by atoms with E-state index < -0.39 is 6.04 Å². The highest BCUT2D eigenvalue weighted by molar-refractivity contribution is 5.83.